The van der Waals surface area contributed by atoms with Crippen LogP contribution in [0.2, 0.25) is 0 Å². The van der Waals surface area contributed by atoms with Gasteiger partial charge in [0.15, 0.2) is 5.82 Å². The highest BCUT2D eigenvalue weighted by Gasteiger charge is 2.31. The van der Waals surface area contributed by atoms with Crippen LogP contribution in [0, 0.1) is 0 Å². The molecule has 0 radical (unpaired) electrons. The molecule has 16 heavy (non-hydrogen) atoms. The van der Waals surface area contributed by atoms with Gasteiger partial charge in [0.2, 0.25) is 5.89 Å². The first kappa shape index (κ1) is 13.4. The molecule has 1 aromatic rings. The van der Waals surface area contributed by atoms with Crippen molar-refractivity contribution in [3.63, 3.8) is 0 Å². The summed E-state index contributed by atoms with van der Waals surface area (Å²) in [6, 6.07) is 0. The van der Waals surface area contributed by atoms with Gasteiger partial charge < -0.3 is 14.9 Å². The molecule has 2 heterocycles. The fourth-order valence-corrected chi connectivity index (χ4v) is 1.89. The molecule has 92 valence electrons. The zero-order valence-corrected chi connectivity index (χ0v) is 10.2. The number of aliphatic hydroxyl groups is 1. The molecule has 1 unspecified atom stereocenters. The Morgan fingerprint density at radius 2 is 2.38 bits per heavy atom. The van der Waals surface area contributed by atoms with Crippen molar-refractivity contribution in [1.82, 2.24) is 15.5 Å². The Morgan fingerprint density at radius 1 is 1.56 bits per heavy atom. The molecule has 0 aliphatic carbocycles. The molecule has 2 N–H and O–H groups in total. The van der Waals surface area contributed by atoms with Crippen molar-refractivity contribution in [2.24, 2.45) is 0 Å². The summed E-state index contributed by atoms with van der Waals surface area (Å²) in [6.07, 6.45) is 3.00. The number of nitrogens with one attached hydrogen (secondary N) is 1. The van der Waals surface area contributed by atoms with Gasteiger partial charge in [-0.2, -0.15) is 4.98 Å². The van der Waals surface area contributed by atoms with Gasteiger partial charge in [-0.3, -0.25) is 0 Å². The molecule has 0 aromatic carbocycles. The number of aromatic nitrogens is 2. The average Bonchev–Trinajstić information content (AvgIpc) is 2.66. The Labute approximate surface area is 101 Å². The van der Waals surface area contributed by atoms with E-state index in [0.29, 0.717) is 24.7 Å². The van der Waals surface area contributed by atoms with E-state index in [1.165, 1.54) is 0 Å². The van der Waals surface area contributed by atoms with Gasteiger partial charge in [0, 0.05) is 13.0 Å². The van der Waals surface area contributed by atoms with E-state index < -0.39 is 5.60 Å². The first-order chi connectivity index (χ1) is 7.22. The first-order valence-electron chi connectivity index (χ1n) is 5.46. The quantitative estimate of drug-likeness (QED) is 0.823. The predicted molar refractivity (Wildman–Crippen MR) is 61.7 cm³/mol. The smallest absolute Gasteiger partial charge is 0.229 e. The second kappa shape index (κ2) is 5.61. The van der Waals surface area contributed by atoms with Gasteiger partial charge in [0.25, 0.3) is 0 Å². The Kier molecular flexibility index (Phi) is 4.70. The Morgan fingerprint density at radius 3 is 2.94 bits per heavy atom. The zero-order valence-electron chi connectivity index (χ0n) is 9.40. The van der Waals surface area contributed by atoms with E-state index in [9.17, 15) is 5.11 Å². The third-order valence-electron chi connectivity index (χ3n) is 2.76. The van der Waals surface area contributed by atoms with Crippen molar-refractivity contribution < 1.29 is 9.63 Å². The lowest BCUT2D eigenvalue weighted by Crippen LogP contribution is -2.47. The van der Waals surface area contributed by atoms with Crippen LogP contribution >= 0.6 is 12.4 Å². The summed E-state index contributed by atoms with van der Waals surface area (Å²) in [5, 5.41) is 17.2. The highest BCUT2D eigenvalue weighted by molar-refractivity contribution is 5.85. The average molecular weight is 248 g/mol. The topological polar surface area (TPSA) is 71.2 Å². The summed E-state index contributed by atoms with van der Waals surface area (Å²) in [6.45, 7) is 3.56. The number of halogens is 1. The fraction of sp³-hybridized carbons (Fsp3) is 0.800. The van der Waals surface area contributed by atoms with Crippen LogP contribution < -0.4 is 5.32 Å². The molecule has 0 bridgehead atoms. The van der Waals surface area contributed by atoms with E-state index in [-0.39, 0.29) is 12.4 Å². The summed E-state index contributed by atoms with van der Waals surface area (Å²) in [4.78, 5) is 4.20. The number of rotatable bonds is 3. The van der Waals surface area contributed by atoms with Gasteiger partial charge in [-0.25, -0.2) is 0 Å². The predicted octanol–water partition coefficient (Wildman–Crippen LogP) is 0.711. The molecule has 0 amide bonds. The van der Waals surface area contributed by atoms with Crippen molar-refractivity contribution in [2.45, 2.75) is 38.2 Å². The minimum absolute atomic E-state index is 0. The van der Waals surface area contributed by atoms with Crippen LogP contribution in [0.15, 0.2) is 4.52 Å². The monoisotopic (exact) mass is 247 g/mol. The second-order valence-electron chi connectivity index (χ2n) is 4.14. The molecule has 0 saturated carbocycles. The molecular weight excluding hydrogens is 230 g/mol. The second-order valence-corrected chi connectivity index (χ2v) is 4.14. The normalized spacial score (nSPS) is 25.1. The number of β-amino-alcohol motifs (C(OH)–C–C–N with tert-alkyl or cyclic N) is 1. The van der Waals surface area contributed by atoms with Crippen molar-refractivity contribution >= 4 is 12.4 Å². The number of nitrogens with zero attached hydrogens (tertiary/aromatic N) is 2. The Hall–Kier alpha value is -0.650. The van der Waals surface area contributed by atoms with Crippen LogP contribution in [-0.4, -0.2) is 33.9 Å². The van der Waals surface area contributed by atoms with Crippen LogP contribution in [-0.2, 0) is 12.8 Å². The third kappa shape index (κ3) is 3.17. The SMILES string of the molecule is CCc1noc(CC2(O)CCCNC2)n1.Cl. The molecule has 1 aliphatic rings. The molecule has 6 heteroatoms. The molecule has 1 atom stereocenters. The summed E-state index contributed by atoms with van der Waals surface area (Å²) in [7, 11) is 0. The zero-order chi connectivity index (χ0) is 10.7. The Balaban J connectivity index is 0.00000128. The molecule has 2 rings (SSSR count). The maximum atomic E-state index is 10.2. The molecule has 0 spiro atoms. The molecule has 5 nitrogen and oxygen atoms in total. The maximum absolute atomic E-state index is 10.2. The van der Waals surface area contributed by atoms with E-state index >= 15 is 0 Å². The molecule has 1 saturated heterocycles. The highest BCUT2D eigenvalue weighted by Crippen LogP contribution is 2.20. The van der Waals surface area contributed by atoms with E-state index in [1.54, 1.807) is 0 Å². The van der Waals surface area contributed by atoms with E-state index in [0.717, 1.165) is 25.8 Å². The van der Waals surface area contributed by atoms with Crippen molar-refractivity contribution in [3.8, 4) is 0 Å². The van der Waals surface area contributed by atoms with Crippen LogP contribution in [0.25, 0.3) is 0 Å². The van der Waals surface area contributed by atoms with Gasteiger partial charge in [-0.05, 0) is 19.4 Å². The van der Waals surface area contributed by atoms with E-state index in [1.807, 2.05) is 6.92 Å². The number of hydrogen-bond donors (Lipinski definition) is 2. The molecule has 1 fully saturated rings. The molecular formula is C10H18ClN3O2. The lowest BCUT2D eigenvalue weighted by molar-refractivity contribution is 0.0103. The number of aryl methyl sites for hydroxylation is 1. The Bertz CT molecular complexity index is 324. The summed E-state index contributed by atoms with van der Waals surface area (Å²) >= 11 is 0. The number of piperidine rings is 1. The van der Waals surface area contributed by atoms with Crippen molar-refractivity contribution in [2.75, 3.05) is 13.1 Å². The maximum Gasteiger partial charge on any atom is 0.229 e. The summed E-state index contributed by atoms with van der Waals surface area (Å²) in [5.74, 6) is 1.25. The molecule has 1 aliphatic heterocycles. The molecule has 1 aromatic heterocycles. The van der Waals surface area contributed by atoms with Gasteiger partial charge in [0.05, 0.1) is 12.0 Å². The summed E-state index contributed by atoms with van der Waals surface area (Å²) in [5.41, 5.74) is -0.713. The standard InChI is InChI=1S/C10H17N3O2.ClH/c1-2-8-12-9(15-13-8)6-10(14)4-3-5-11-7-10;/h11,14H,2-7H2,1H3;1H. The van der Waals surface area contributed by atoms with E-state index in [4.69, 9.17) is 4.52 Å². The first-order valence-corrected chi connectivity index (χ1v) is 5.46. The lowest BCUT2D eigenvalue weighted by atomic mass is 9.91. The highest BCUT2D eigenvalue weighted by atomic mass is 35.5. The van der Waals surface area contributed by atoms with Gasteiger partial charge >= 0.3 is 0 Å². The van der Waals surface area contributed by atoms with Crippen LogP contribution in [0.5, 0.6) is 0 Å². The van der Waals surface area contributed by atoms with Crippen molar-refractivity contribution in [1.29, 1.82) is 0 Å². The van der Waals surface area contributed by atoms with Gasteiger partial charge in [-0.15, -0.1) is 12.4 Å². The minimum Gasteiger partial charge on any atom is -0.388 e. The summed E-state index contributed by atoms with van der Waals surface area (Å²) < 4.78 is 5.07. The number of hydrogen-bond acceptors (Lipinski definition) is 5. The lowest BCUT2D eigenvalue weighted by Gasteiger charge is -2.31. The van der Waals surface area contributed by atoms with Crippen LogP contribution in [0.1, 0.15) is 31.5 Å². The van der Waals surface area contributed by atoms with Gasteiger partial charge in [0.1, 0.15) is 0 Å². The minimum atomic E-state index is -0.713. The van der Waals surface area contributed by atoms with Crippen LogP contribution in [0.3, 0.4) is 0 Å². The van der Waals surface area contributed by atoms with Crippen LogP contribution in [0.4, 0.5) is 0 Å². The van der Waals surface area contributed by atoms with E-state index in [2.05, 4.69) is 15.5 Å². The fourth-order valence-electron chi connectivity index (χ4n) is 1.89. The van der Waals surface area contributed by atoms with Crippen molar-refractivity contribution in [3.05, 3.63) is 11.7 Å². The van der Waals surface area contributed by atoms with Gasteiger partial charge in [-0.1, -0.05) is 12.1 Å². The largest absolute Gasteiger partial charge is 0.388 e. The third-order valence-corrected chi connectivity index (χ3v) is 2.76.